The lowest BCUT2D eigenvalue weighted by Gasteiger charge is -2.34. The maximum Gasteiger partial charge on any atom is 0.311 e. The number of fused-ring (bicyclic) bond motifs is 1. The molecule has 1 saturated heterocycles. The van der Waals surface area contributed by atoms with Crippen LogP contribution in [-0.4, -0.2) is 33.8 Å². The van der Waals surface area contributed by atoms with Gasteiger partial charge in [-0.1, -0.05) is 6.42 Å². The molecule has 5 nitrogen and oxygen atoms in total. The highest BCUT2D eigenvalue weighted by molar-refractivity contribution is 6.09. The molecule has 3 rings (SSSR count). The minimum Gasteiger partial charge on any atom is -0.481 e. The molecule has 0 bridgehead atoms. The molecule has 2 saturated carbocycles. The number of piperidine rings is 1. The molecular formula is C12H15NO4. The largest absolute Gasteiger partial charge is 0.481 e. The summed E-state index contributed by atoms with van der Waals surface area (Å²) in [5.74, 6) is -1.46. The Bertz CT molecular complexity index is 412. The fourth-order valence-electron chi connectivity index (χ4n) is 3.33. The summed E-state index contributed by atoms with van der Waals surface area (Å²) < 4.78 is 0. The maximum atomic E-state index is 12.0. The van der Waals surface area contributed by atoms with Crippen LogP contribution in [0.2, 0.25) is 0 Å². The number of carboxylic acids is 1. The number of hydrogen-bond acceptors (Lipinski definition) is 3. The molecule has 92 valence electrons. The Kier molecular flexibility index (Phi) is 1.95. The number of likely N-dealkylation sites (tertiary alicyclic amines) is 1. The molecule has 1 N–H and O–H groups in total. The lowest BCUT2D eigenvalue weighted by Crippen LogP contribution is -2.50. The molecule has 2 amide bonds. The van der Waals surface area contributed by atoms with Gasteiger partial charge in [0.1, 0.15) is 0 Å². The van der Waals surface area contributed by atoms with Crippen LogP contribution in [0.3, 0.4) is 0 Å². The second-order valence-corrected chi connectivity index (χ2v) is 5.63. The van der Waals surface area contributed by atoms with E-state index in [1.807, 2.05) is 0 Å². The molecule has 17 heavy (non-hydrogen) atoms. The van der Waals surface area contributed by atoms with E-state index in [1.54, 1.807) is 6.92 Å². The van der Waals surface area contributed by atoms with E-state index in [9.17, 15) is 19.5 Å². The van der Waals surface area contributed by atoms with Crippen LogP contribution in [0.5, 0.6) is 0 Å². The van der Waals surface area contributed by atoms with Crippen LogP contribution in [0.15, 0.2) is 0 Å². The van der Waals surface area contributed by atoms with E-state index < -0.39 is 17.4 Å². The van der Waals surface area contributed by atoms with Gasteiger partial charge in [0, 0.05) is 0 Å². The quantitative estimate of drug-likeness (QED) is 0.715. The van der Waals surface area contributed by atoms with E-state index in [4.69, 9.17) is 0 Å². The summed E-state index contributed by atoms with van der Waals surface area (Å²) in [5.41, 5.74) is -0.956. The van der Waals surface area contributed by atoms with Crippen molar-refractivity contribution in [1.82, 2.24) is 4.90 Å². The van der Waals surface area contributed by atoms with Gasteiger partial charge in [-0.25, -0.2) is 0 Å². The number of imide groups is 1. The Morgan fingerprint density at radius 3 is 2.47 bits per heavy atom. The summed E-state index contributed by atoms with van der Waals surface area (Å²) in [5, 5.41) is 9.30. The van der Waals surface area contributed by atoms with Gasteiger partial charge in [0.2, 0.25) is 11.8 Å². The van der Waals surface area contributed by atoms with Crippen LogP contribution in [0.1, 0.15) is 32.6 Å². The maximum absolute atomic E-state index is 12.0. The number of carbonyl (C=O) groups excluding carboxylic acids is 2. The third-order valence-corrected chi connectivity index (χ3v) is 4.61. The van der Waals surface area contributed by atoms with Crippen LogP contribution < -0.4 is 0 Å². The zero-order chi connectivity index (χ0) is 12.4. The average molecular weight is 237 g/mol. The van der Waals surface area contributed by atoms with Crippen LogP contribution in [-0.2, 0) is 14.4 Å². The number of hydrogen-bond donors (Lipinski definition) is 1. The van der Waals surface area contributed by atoms with Gasteiger partial charge in [-0.2, -0.15) is 0 Å². The SMILES string of the molecule is CC1(C(=O)O)CCCC1N1C(=O)C2CC2C1=O. The highest BCUT2D eigenvalue weighted by Crippen LogP contribution is 2.52. The first-order valence-corrected chi connectivity index (χ1v) is 6.07. The second-order valence-electron chi connectivity index (χ2n) is 5.63. The molecular weight excluding hydrogens is 222 g/mol. The first-order chi connectivity index (χ1) is 7.97. The van der Waals surface area contributed by atoms with Crippen molar-refractivity contribution in [1.29, 1.82) is 0 Å². The van der Waals surface area contributed by atoms with Gasteiger partial charge in [-0.05, 0) is 26.2 Å². The fraction of sp³-hybridized carbons (Fsp3) is 0.750. The van der Waals surface area contributed by atoms with Gasteiger partial charge >= 0.3 is 5.97 Å². The van der Waals surface area contributed by atoms with E-state index >= 15 is 0 Å². The van der Waals surface area contributed by atoms with Crippen LogP contribution in [0.4, 0.5) is 0 Å². The summed E-state index contributed by atoms with van der Waals surface area (Å²) in [6.07, 6.45) is 2.60. The predicted molar refractivity (Wildman–Crippen MR) is 56.8 cm³/mol. The number of amides is 2. The molecule has 0 aromatic heterocycles. The Balaban J connectivity index is 1.92. The van der Waals surface area contributed by atoms with Crippen molar-refractivity contribution in [3.05, 3.63) is 0 Å². The summed E-state index contributed by atoms with van der Waals surface area (Å²) in [6.45, 7) is 1.65. The number of nitrogens with zero attached hydrogens (tertiary/aromatic N) is 1. The molecule has 0 aromatic carbocycles. The van der Waals surface area contributed by atoms with Crippen LogP contribution in [0, 0.1) is 17.3 Å². The lowest BCUT2D eigenvalue weighted by molar-refractivity contribution is -0.156. The van der Waals surface area contributed by atoms with Crippen LogP contribution >= 0.6 is 0 Å². The molecule has 3 fully saturated rings. The van der Waals surface area contributed by atoms with Gasteiger partial charge in [0.15, 0.2) is 0 Å². The van der Waals surface area contributed by atoms with Crippen molar-refractivity contribution in [3.63, 3.8) is 0 Å². The predicted octanol–water partition coefficient (Wildman–Crippen LogP) is 0.635. The van der Waals surface area contributed by atoms with E-state index in [1.165, 1.54) is 4.90 Å². The number of carboxylic acid groups (broad SMARTS) is 1. The highest BCUT2D eigenvalue weighted by Gasteiger charge is 2.63. The molecule has 4 atom stereocenters. The summed E-state index contributed by atoms with van der Waals surface area (Å²) in [7, 11) is 0. The van der Waals surface area contributed by atoms with Crippen molar-refractivity contribution in [2.75, 3.05) is 0 Å². The normalized spacial score (nSPS) is 44.1. The smallest absolute Gasteiger partial charge is 0.311 e. The topological polar surface area (TPSA) is 74.7 Å². The minimum absolute atomic E-state index is 0.138. The summed E-state index contributed by atoms with van der Waals surface area (Å²) >= 11 is 0. The van der Waals surface area contributed by atoms with E-state index in [0.717, 1.165) is 6.42 Å². The average Bonchev–Trinajstić information content (AvgIpc) is 2.92. The summed E-state index contributed by atoms with van der Waals surface area (Å²) in [6, 6.07) is -0.437. The first-order valence-electron chi connectivity index (χ1n) is 6.07. The fourth-order valence-corrected chi connectivity index (χ4v) is 3.33. The summed E-state index contributed by atoms with van der Waals surface area (Å²) in [4.78, 5) is 36.5. The minimum atomic E-state index is -0.956. The molecule has 4 unspecified atom stereocenters. The Hall–Kier alpha value is -1.39. The molecule has 0 aromatic rings. The van der Waals surface area contributed by atoms with Gasteiger partial charge in [0.05, 0.1) is 23.3 Å². The molecule has 5 heteroatoms. The van der Waals surface area contributed by atoms with Crippen molar-refractivity contribution in [2.24, 2.45) is 17.3 Å². The number of carbonyl (C=O) groups is 3. The second kappa shape index (κ2) is 3.09. The zero-order valence-electron chi connectivity index (χ0n) is 9.68. The van der Waals surface area contributed by atoms with Gasteiger partial charge in [-0.15, -0.1) is 0 Å². The van der Waals surface area contributed by atoms with Crippen molar-refractivity contribution in [2.45, 2.75) is 38.6 Å². The third kappa shape index (κ3) is 1.22. The van der Waals surface area contributed by atoms with Gasteiger partial charge < -0.3 is 5.11 Å². The van der Waals surface area contributed by atoms with E-state index in [2.05, 4.69) is 0 Å². The molecule has 2 aliphatic carbocycles. The molecule has 1 heterocycles. The van der Waals surface area contributed by atoms with Gasteiger partial charge in [-0.3, -0.25) is 19.3 Å². The lowest BCUT2D eigenvalue weighted by atomic mass is 9.84. The standard InChI is InChI=1S/C12H15NO4/c1-12(11(16)17)4-2-3-8(12)13-9(14)6-5-7(6)10(13)15/h6-8H,2-5H2,1H3,(H,16,17). The molecule has 3 aliphatic rings. The van der Waals surface area contributed by atoms with Crippen molar-refractivity contribution >= 4 is 17.8 Å². The highest BCUT2D eigenvalue weighted by atomic mass is 16.4. The zero-order valence-corrected chi connectivity index (χ0v) is 9.68. The van der Waals surface area contributed by atoms with Gasteiger partial charge in [0.25, 0.3) is 0 Å². The Labute approximate surface area is 98.8 Å². The van der Waals surface area contributed by atoms with Crippen molar-refractivity contribution in [3.8, 4) is 0 Å². The van der Waals surface area contributed by atoms with Crippen molar-refractivity contribution < 1.29 is 19.5 Å². The Morgan fingerprint density at radius 1 is 1.35 bits per heavy atom. The number of rotatable bonds is 2. The van der Waals surface area contributed by atoms with E-state index in [0.29, 0.717) is 19.3 Å². The molecule has 1 aliphatic heterocycles. The van der Waals surface area contributed by atoms with E-state index in [-0.39, 0.29) is 23.7 Å². The Morgan fingerprint density at radius 2 is 1.94 bits per heavy atom. The monoisotopic (exact) mass is 237 g/mol. The van der Waals surface area contributed by atoms with Crippen LogP contribution in [0.25, 0.3) is 0 Å². The first kappa shape index (κ1) is 10.7. The third-order valence-electron chi connectivity index (χ3n) is 4.61. The number of aliphatic carboxylic acids is 1. The molecule has 0 radical (unpaired) electrons. The molecule has 0 spiro atoms.